The number of benzene rings is 2. The molecule has 0 radical (unpaired) electrons. The summed E-state index contributed by atoms with van der Waals surface area (Å²) in [7, 11) is 0. The normalized spacial score (nSPS) is 20.3. The average molecular weight is 421 g/mol. The van der Waals surface area contributed by atoms with E-state index in [1.165, 1.54) is 63.1 Å². The molecule has 0 amide bonds. The molecule has 164 valence electrons. The smallest absolute Gasteiger partial charge is 0.199 e. The molecule has 0 aliphatic heterocycles. The van der Waals surface area contributed by atoms with E-state index in [0.29, 0.717) is 5.92 Å². The summed E-state index contributed by atoms with van der Waals surface area (Å²) in [6, 6.07) is 13.5. The summed E-state index contributed by atoms with van der Waals surface area (Å²) in [5.41, 5.74) is 2.36. The third kappa shape index (κ3) is 4.90. The Kier molecular flexibility index (Phi) is 7.26. The van der Waals surface area contributed by atoms with Gasteiger partial charge in [-0.15, -0.1) is 0 Å². The zero-order valence-corrected chi connectivity index (χ0v) is 17.9. The van der Waals surface area contributed by atoms with Crippen LogP contribution in [0.25, 0.3) is 11.1 Å². The van der Waals surface area contributed by atoms with Crippen molar-refractivity contribution in [1.82, 2.24) is 0 Å². The zero-order chi connectivity index (χ0) is 21.8. The number of hydrogen-bond donors (Lipinski definition) is 0. The minimum atomic E-state index is -4.16. The molecule has 4 heteroatoms. The van der Waals surface area contributed by atoms with Crippen molar-refractivity contribution < 1.29 is 17.6 Å². The van der Waals surface area contributed by atoms with Crippen molar-refractivity contribution in [3.8, 4) is 11.1 Å². The van der Waals surface area contributed by atoms with Crippen molar-refractivity contribution in [3.63, 3.8) is 0 Å². The van der Waals surface area contributed by atoms with Crippen LogP contribution in [0, 0.1) is 5.92 Å². The number of halogens is 4. The Hall–Kier alpha value is -1.84. The molecule has 0 aromatic heterocycles. The molecule has 0 saturated heterocycles. The molecule has 0 bridgehead atoms. The molecule has 30 heavy (non-hydrogen) atoms. The SMILES string of the molecule is CCCC(F)(F)C(F)(F)c1ccc(-c2ccc([C@H]3CC[C@H](CCC)CC3)cc2)cc1. The molecule has 0 atom stereocenters. The van der Waals surface area contributed by atoms with Crippen LogP contribution in [0.5, 0.6) is 0 Å². The summed E-state index contributed by atoms with van der Waals surface area (Å²) in [5, 5.41) is 0. The minimum absolute atomic E-state index is 0.00722. The van der Waals surface area contributed by atoms with Gasteiger partial charge in [-0.3, -0.25) is 0 Å². The summed E-state index contributed by atoms with van der Waals surface area (Å²) >= 11 is 0. The molecule has 2 aromatic carbocycles. The van der Waals surface area contributed by atoms with Crippen LogP contribution in [0.1, 0.15) is 82.3 Å². The highest BCUT2D eigenvalue weighted by molar-refractivity contribution is 5.64. The second-order valence-electron chi connectivity index (χ2n) is 8.73. The maximum Gasteiger partial charge on any atom is 0.335 e. The fourth-order valence-corrected chi connectivity index (χ4v) is 4.69. The van der Waals surface area contributed by atoms with Gasteiger partial charge < -0.3 is 0 Å². The van der Waals surface area contributed by atoms with E-state index in [0.717, 1.165) is 29.2 Å². The molecule has 0 heterocycles. The molecule has 3 rings (SSSR count). The molecule has 2 aromatic rings. The van der Waals surface area contributed by atoms with Gasteiger partial charge in [-0.2, -0.15) is 17.6 Å². The third-order valence-electron chi connectivity index (χ3n) is 6.53. The van der Waals surface area contributed by atoms with Crippen LogP contribution in [-0.4, -0.2) is 5.92 Å². The lowest BCUT2D eigenvalue weighted by molar-refractivity contribution is -0.219. The molecular weight excluding hydrogens is 388 g/mol. The van der Waals surface area contributed by atoms with Crippen LogP contribution in [0.2, 0.25) is 0 Å². The lowest BCUT2D eigenvalue weighted by Crippen LogP contribution is -2.37. The van der Waals surface area contributed by atoms with E-state index in [2.05, 4.69) is 19.1 Å². The van der Waals surface area contributed by atoms with E-state index in [4.69, 9.17) is 0 Å². The topological polar surface area (TPSA) is 0 Å². The first-order chi connectivity index (χ1) is 14.3. The van der Waals surface area contributed by atoms with Gasteiger partial charge in [0.1, 0.15) is 0 Å². The fourth-order valence-electron chi connectivity index (χ4n) is 4.69. The summed E-state index contributed by atoms with van der Waals surface area (Å²) in [6.45, 7) is 3.73. The molecule has 0 N–H and O–H groups in total. The third-order valence-corrected chi connectivity index (χ3v) is 6.53. The Bertz CT molecular complexity index is 785. The largest absolute Gasteiger partial charge is 0.335 e. The van der Waals surface area contributed by atoms with Gasteiger partial charge in [0.25, 0.3) is 0 Å². The van der Waals surface area contributed by atoms with Gasteiger partial charge >= 0.3 is 11.8 Å². The van der Waals surface area contributed by atoms with Gasteiger partial charge in [-0.25, -0.2) is 0 Å². The average Bonchev–Trinajstić information content (AvgIpc) is 2.75. The van der Waals surface area contributed by atoms with Crippen LogP contribution in [-0.2, 0) is 5.92 Å². The molecule has 1 fully saturated rings. The second-order valence-corrected chi connectivity index (χ2v) is 8.73. The quantitative estimate of drug-likeness (QED) is 0.374. The molecule has 0 unspecified atom stereocenters. The van der Waals surface area contributed by atoms with Gasteiger partial charge in [0, 0.05) is 12.0 Å². The summed E-state index contributed by atoms with van der Waals surface area (Å²) in [6.07, 6.45) is 6.78. The lowest BCUT2D eigenvalue weighted by Gasteiger charge is -2.28. The van der Waals surface area contributed by atoms with Gasteiger partial charge in [0.05, 0.1) is 0 Å². The van der Waals surface area contributed by atoms with E-state index in [1.54, 1.807) is 0 Å². The van der Waals surface area contributed by atoms with Gasteiger partial charge in [0.15, 0.2) is 0 Å². The molecule has 0 spiro atoms. The highest BCUT2D eigenvalue weighted by Gasteiger charge is 2.56. The van der Waals surface area contributed by atoms with Crippen molar-refractivity contribution in [3.05, 3.63) is 59.7 Å². The van der Waals surface area contributed by atoms with Crippen LogP contribution < -0.4 is 0 Å². The highest BCUT2D eigenvalue weighted by Crippen LogP contribution is 2.46. The first kappa shape index (κ1) is 22.8. The van der Waals surface area contributed by atoms with Gasteiger partial charge in [-0.1, -0.05) is 81.6 Å². The van der Waals surface area contributed by atoms with E-state index >= 15 is 0 Å². The second kappa shape index (κ2) is 9.53. The van der Waals surface area contributed by atoms with Crippen molar-refractivity contribution in [2.45, 2.75) is 83.0 Å². The predicted molar refractivity (Wildman–Crippen MR) is 115 cm³/mol. The fraction of sp³-hybridized carbons (Fsp3) is 0.538. The summed E-state index contributed by atoms with van der Waals surface area (Å²) < 4.78 is 56.2. The number of rotatable bonds is 8. The highest BCUT2D eigenvalue weighted by atomic mass is 19.3. The maximum atomic E-state index is 14.2. The molecule has 0 nitrogen and oxygen atoms in total. The van der Waals surface area contributed by atoms with Crippen molar-refractivity contribution >= 4 is 0 Å². The Morgan fingerprint density at radius 1 is 0.733 bits per heavy atom. The minimum Gasteiger partial charge on any atom is -0.199 e. The molecule has 1 aliphatic carbocycles. The molecule has 1 saturated carbocycles. The van der Waals surface area contributed by atoms with Crippen LogP contribution in [0.15, 0.2) is 48.5 Å². The van der Waals surface area contributed by atoms with E-state index in [9.17, 15) is 17.6 Å². The van der Waals surface area contributed by atoms with E-state index < -0.39 is 23.8 Å². The lowest BCUT2D eigenvalue weighted by atomic mass is 9.77. The van der Waals surface area contributed by atoms with E-state index in [-0.39, 0.29) is 6.42 Å². The summed E-state index contributed by atoms with van der Waals surface area (Å²) in [5.74, 6) is -6.75. The van der Waals surface area contributed by atoms with Gasteiger partial charge in [-0.05, 0) is 54.2 Å². The van der Waals surface area contributed by atoms with Crippen LogP contribution >= 0.6 is 0 Å². The monoisotopic (exact) mass is 420 g/mol. The standard InChI is InChI=1S/C26H32F4/c1-3-5-19-6-8-20(9-7-19)21-10-12-22(13-11-21)23-14-16-24(17-15-23)26(29,30)25(27,28)18-4-2/h10-17,19-20H,3-9,18H2,1-2H3/t19-,20-. The van der Waals surface area contributed by atoms with Crippen LogP contribution in [0.4, 0.5) is 17.6 Å². The van der Waals surface area contributed by atoms with E-state index in [1.807, 2.05) is 12.1 Å². The first-order valence-corrected chi connectivity index (χ1v) is 11.2. The predicted octanol–water partition coefficient (Wildman–Crippen LogP) is 8.95. The molecule has 1 aliphatic rings. The van der Waals surface area contributed by atoms with Crippen molar-refractivity contribution in [1.29, 1.82) is 0 Å². The Labute approximate surface area is 177 Å². The molecular formula is C26H32F4. The van der Waals surface area contributed by atoms with Crippen molar-refractivity contribution in [2.75, 3.05) is 0 Å². The van der Waals surface area contributed by atoms with Crippen LogP contribution in [0.3, 0.4) is 0 Å². The van der Waals surface area contributed by atoms with Crippen molar-refractivity contribution in [2.24, 2.45) is 5.92 Å². The maximum absolute atomic E-state index is 14.2. The Balaban J connectivity index is 1.69. The number of hydrogen-bond acceptors (Lipinski definition) is 0. The summed E-state index contributed by atoms with van der Waals surface area (Å²) in [4.78, 5) is 0. The number of alkyl halides is 4. The first-order valence-electron chi connectivity index (χ1n) is 11.2. The Morgan fingerprint density at radius 3 is 1.77 bits per heavy atom. The zero-order valence-electron chi connectivity index (χ0n) is 17.9. The Morgan fingerprint density at radius 2 is 1.27 bits per heavy atom. The van der Waals surface area contributed by atoms with Gasteiger partial charge in [0.2, 0.25) is 0 Å².